The zero-order valence-electron chi connectivity index (χ0n) is 30.9. The molecular weight excluding hydrogens is 650 g/mol. The molecule has 0 bridgehead atoms. The van der Waals surface area contributed by atoms with Crippen LogP contribution in [0.3, 0.4) is 0 Å². The van der Waals surface area contributed by atoms with Crippen LogP contribution in [0.4, 0.5) is 0 Å². The van der Waals surface area contributed by atoms with E-state index >= 15 is 0 Å². The third kappa shape index (κ3) is 9.71. The smallest absolute Gasteiger partial charge is 0.289 e. The van der Waals surface area contributed by atoms with Crippen molar-refractivity contribution < 1.29 is 28.8 Å². The van der Waals surface area contributed by atoms with Crippen molar-refractivity contribution in [1.29, 1.82) is 0 Å². The lowest BCUT2D eigenvalue weighted by molar-refractivity contribution is -0.146. The first-order chi connectivity index (χ1) is 24.2. The molecule has 0 spiro atoms. The molecule has 2 heterocycles. The second-order valence-electron chi connectivity index (χ2n) is 16.6. The van der Waals surface area contributed by atoms with Gasteiger partial charge in [0.25, 0.3) is 11.8 Å². The second kappa shape index (κ2) is 16.6. The number of Topliss-reactive ketones (excluding diaryl/α,β-unsaturated/α-hetero) is 1. The summed E-state index contributed by atoms with van der Waals surface area (Å²) < 4.78 is 0. The molecule has 5 amide bonds. The maximum Gasteiger partial charge on any atom is 0.289 e. The fraction of sp³-hybridized carbons (Fsp3) is 0.737. The van der Waals surface area contributed by atoms with Crippen LogP contribution in [-0.2, 0) is 24.0 Å². The quantitative estimate of drug-likeness (QED) is 0.213. The summed E-state index contributed by atoms with van der Waals surface area (Å²) in [5, 5.41) is 11.6. The Morgan fingerprint density at radius 3 is 2.14 bits per heavy atom. The lowest BCUT2D eigenvalue weighted by atomic mass is 9.79. The van der Waals surface area contributed by atoms with Crippen LogP contribution in [-0.4, -0.2) is 86.9 Å². The molecule has 13 heteroatoms. The van der Waals surface area contributed by atoms with Crippen molar-refractivity contribution in [2.24, 2.45) is 29.1 Å². The molecule has 1 aromatic rings. The van der Waals surface area contributed by atoms with Gasteiger partial charge in [-0.05, 0) is 67.6 Å². The van der Waals surface area contributed by atoms with Gasteiger partial charge in [0.1, 0.15) is 23.8 Å². The fourth-order valence-electron chi connectivity index (χ4n) is 7.83. The van der Waals surface area contributed by atoms with Crippen LogP contribution >= 0.6 is 0 Å². The summed E-state index contributed by atoms with van der Waals surface area (Å²) in [7, 11) is 0. The Morgan fingerprint density at radius 1 is 0.863 bits per heavy atom. The predicted molar refractivity (Wildman–Crippen MR) is 190 cm³/mol. The zero-order valence-corrected chi connectivity index (χ0v) is 30.9. The maximum absolute atomic E-state index is 14.6. The number of nitrogens with zero attached hydrogens (tertiary/aromatic N) is 3. The van der Waals surface area contributed by atoms with E-state index in [4.69, 9.17) is 0 Å². The highest BCUT2D eigenvalue weighted by molar-refractivity contribution is 6.38. The largest absolute Gasteiger partial charge is 0.347 e. The van der Waals surface area contributed by atoms with Crippen molar-refractivity contribution >= 4 is 35.3 Å². The molecule has 5 atom stereocenters. The van der Waals surface area contributed by atoms with Crippen molar-refractivity contribution in [3.8, 4) is 0 Å². The molecule has 4 N–H and O–H groups in total. The number of carbonyl (C=O) groups excluding carboxylic acids is 6. The van der Waals surface area contributed by atoms with E-state index in [0.29, 0.717) is 19.4 Å². The molecule has 1 aliphatic heterocycles. The van der Waals surface area contributed by atoms with Crippen molar-refractivity contribution in [3.05, 3.63) is 24.3 Å². The summed E-state index contributed by atoms with van der Waals surface area (Å²) in [5.41, 5.74) is -0.654. The molecule has 51 heavy (non-hydrogen) atoms. The highest BCUT2D eigenvalue weighted by Crippen LogP contribution is 2.35. The summed E-state index contributed by atoms with van der Waals surface area (Å²) in [4.78, 5) is 92.2. The molecule has 3 aliphatic carbocycles. The van der Waals surface area contributed by atoms with Crippen LogP contribution in [0.5, 0.6) is 0 Å². The third-order valence-corrected chi connectivity index (χ3v) is 11.3. The number of hydrogen-bond donors (Lipinski definition) is 4. The normalized spacial score (nSPS) is 23.1. The van der Waals surface area contributed by atoms with Gasteiger partial charge >= 0.3 is 0 Å². The van der Waals surface area contributed by atoms with Gasteiger partial charge in [-0.1, -0.05) is 73.1 Å². The average molecular weight is 708 g/mol. The molecule has 4 fully saturated rings. The molecule has 5 rings (SSSR count). The van der Waals surface area contributed by atoms with E-state index < -0.39 is 64.9 Å². The Balaban J connectivity index is 1.36. The van der Waals surface area contributed by atoms with Gasteiger partial charge in [-0.3, -0.25) is 33.8 Å². The predicted octanol–water partition coefficient (Wildman–Crippen LogP) is 3.08. The number of carbonyl (C=O) groups is 6. The van der Waals surface area contributed by atoms with E-state index in [1.165, 1.54) is 18.6 Å². The molecule has 13 nitrogen and oxygen atoms in total. The van der Waals surface area contributed by atoms with Crippen LogP contribution in [0.1, 0.15) is 122 Å². The molecule has 0 aromatic carbocycles. The van der Waals surface area contributed by atoms with Crippen molar-refractivity contribution in [2.45, 2.75) is 142 Å². The summed E-state index contributed by atoms with van der Waals surface area (Å²) in [6.07, 6.45) is 14.3. The summed E-state index contributed by atoms with van der Waals surface area (Å²) in [5.74, 6) is -3.13. The van der Waals surface area contributed by atoms with Crippen LogP contribution in [0, 0.1) is 29.1 Å². The third-order valence-electron chi connectivity index (χ3n) is 11.3. The van der Waals surface area contributed by atoms with Gasteiger partial charge < -0.3 is 26.2 Å². The highest BCUT2D eigenvalue weighted by atomic mass is 16.2. The number of rotatable bonds is 14. The Labute approximate surface area is 301 Å². The van der Waals surface area contributed by atoms with E-state index in [1.807, 2.05) is 34.6 Å². The minimum Gasteiger partial charge on any atom is -0.347 e. The lowest BCUT2D eigenvalue weighted by Gasteiger charge is -2.38. The Kier molecular flexibility index (Phi) is 12.5. The lowest BCUT2D eigenvalue weighted by Crippen LogP contribution is -2.62. The molecule has 1 aromatic heterocycles. The van der Waals surface area contributed by atoms with E-state index in [-0.39, 0.29) is 35.4 Å². The number of likely N-dealkylation sites (tertiary alicyclic amines) is 1. The van der Waals surface area contributed by atoms with Gasteiger partial charge in [0.15, 0.2) is 0 Å². The second-order valence-corrected chi connectivity index (χ2v) is 16.6. The van der Waals surface area contributed by atoms with Gasteiger partial charge in [0.2, 0.25) is 23.5 Å². The van der Waals surface area contributed by atoms with Gasteiger partial charge in [-0.2, -0.15) is 0 Å². The highest BCUT2D eigenvalue weighted by Gasteiger charge is 2.48. The zero-order chi connectivity index (χ0) is 36.9. The molecule has 4 aliphatic rings. The Morgan fingerprint density at radius 2 is 1.57 bits per heavy atom. The van der Waals surface area contributed by atoms with Crippen molar-refractivity contribution in [1.82, 2.24) is 36.1 Å². The number of amides is 5. The van der Waals surface area contributed by atoms with Crippen LogP contribution in [0.15, 0.2) is 18.6 Å². The Hall–Kier alpha value is -3.90. The standard InChI is InChI=1S/C38H57N7O6/c1-22(2)26-16-19-45(30(26)35(49)42-27(20-23-10-9-11-23)31(46)36(50)41-25-14-15-25)37(51)32(38(3,4)5)44-34(48)29(24-12-7-6-8-13-24)43-33(47)28-21-39-17-18-40-28/h17-18,21-27,29-30,32H,6-16,19-20H2,1-5H3,(H,41,50)(H,42,49)(H,43,47)(H,44,48)/t26-,27?,29+,30+,32-/m1/s1. The number of hydrogen-bond acceptors (Lipinski definition) is 8. The van der Waals surface area contributed by atoms with Crippen molar-refractivity contribution in [3.63, 3.8) is 0 Å². The molecule has 1 saturated heterocycles. The first-order valence-electron chi connectivity index (χ1n) is 19.1. The molecular formula is C38H57N7O6. The number of ketones is 1. The van der Waals surface area contributed by atoms with Crippen LogP contribution < -0.4 is 21.3 Å². The molecule has 280 valence electrons. The fourth-order valence-corrected chi connectivity index (χ4v) is 7.83. The van der Waals surface area contributed by atoms with Crippen LogP contribution in [0.2, 0.25) is 0 Å². The first-order valence-corrected chi connectivity index (χ1v) is 19.1. The van der Waals surface area contributed by atoms with Crippen LogP contribution in [0.25, 0.3) is 0 Å². The van der Waals surface area contributed by atoms with E-state index in [9.17, 15) is 28.8 Å². The minimum atomic E-state index is -1.01. The number of aromatic nitrogens is 2. The summed E-state index contributed by atoms with van der Waals surface area (Å²) in [6, 6.07) is -3.74. The Bertz CT molecular complexity index is 1430. The SMILES string of the molecule is CC(C)[C@H]1CCN(C(=O)[C@@H](NC(=O)[C@@H](NC(=O)c2cnccn2)C2CCCCC2)C(C)(C)C)[C@@H]1C(=O)NC(CC1CCC1)C(=O)C(=O)NC1CC1. The van der Waals surface area contributed by atoms with Crippen molar-refractivity contribution in [2.75, 3.05) is 6.54 Å². The van der Waals surface area contributed by atoms with Gasteiger partial charge in [0, 0.05) is 25.0 Å². The van der Waals surface area contributed by atoms with Gasteiger partial charge in [-0.25, -0.2) is 4.98 Å². The average Bonchev–Trinajstić information content (AvgIpc) is 3.78. The topological polar surface area (TPSA) is 180 Å². The summed E-state index contributed by atoms with van der Waals surface area (Å²) in [6.45, 7) is 9.91. The molecule has 3 saturated carbocycles. The van der Waals surface area contributed by atoms with E-state index in [1.54, 1.807) is 4.90 Å². The van der Waals surface area contributed by atoms with Gasteiger partial charge in [0.05, 0.1) is 12.2 Å². The van der Waals surface area contributed by atoms with E-state index in [2.05, 4.69) is 31.2 Å². The summed E-state index contributed by atoms with van der Waals surface area (Å²) >= 11 is 0. The first kappa shape index (κ1) is 38.3. The molecule has 1 unspecified atom stereocenters. The number of nitrogens with one attached hydrogen (secondary N) is 4. The molecule has 0 radical (unpaired) electrons. The minimum absolute atomic E-state index is 0.0114. The van der Waals surface area contributed by atoms with E-state index in [0.717, 1.165) is 64.2 Å². The van der Waals surface area contributed by atoms with Gasteiger partial charge in [-0.15, -0.1) is 0 Å². The monoisotopic (exact) mass is 707 g/mol. The maximum atomic E-state index is 14.6.